The number of aromatic nitrogens is 2. The minimum Gasteiger partial charge on any atom is -0.479 e. The summed E-state index contributed by atoms with van der Waals surface area (Å²) in [6.45, 7) is 2.09. The average Bonchev–Trinajstić information content (AvgIpc) is 2.30. The molecule has 6 heteroatoms. The van der Waals surface area contributed by atoms with Crippen LogP contribution in [0.4, 0.5) is 0 Å². The van der Waals surface area contributed by atoms with Gasteiger partial charge in [0.15, 0.2) is 6.10 Å². The summed E-state index contributed by atoms with van der Waals surface area (Å²) in [7, 11) is 0. The normalized spacial score (nSPS) is 21.9. The van der Waals surface area contributed by atoms with Gasteiger partial charge in [0.2, 0.25) is 0 Å². The van der Waals surface area contributed by atoms with Crippen molar-refractivity contribution >= 4 is 5.97 Å². The SMILES string of the molecule is O=C(O)C1CN(Cc2ncccn2)CCO1. The largest absolute Gasteiger partial charge is 0.479 e. The number of nitrogens with zero attached hydrogens (tertiary/aromatic N) is 3. The molecule has 0 radical (unpaired) electrons. The highest BCUT2D eigenvalue weighted by Gasteiger charge is 2.26. The third kappa shape index (κ3) is 2.74. The Kier molecular flexibility index (Phi) is 3.43. The van der Waals surface area contributed by atoms with Crippen LogP contribution in [0.1, 0.15) is 5.82 Å². The molecule has 0 bridgehead atoms. The number of carboxylic acids is 1. The fourth-order valence-electron chi connectivity index (χ4n) is 1.61. The molecule has 6 nitrogen and oxygen atoms in total. The number of carbonyl (C=O) groups is 1. The summed E-state index contributed by atoms with van der Waals surface area (Å²) < 4.78 is 5.13. The van der Waals surface area contributed by atoms with E-state index in [4.69, 9.17) is 9.84 Å². The van der Waals surface area contributed by atoms with Gasteiger partial charge in [-0.3, -0.25) is 4.90 Å². The number of rotatable bonds is 3. The first-order chi connectivity index (χ1) is 7.75. The van der Waals surface area contributed by atoms with E-state index >= 15 is 0 Å². The maximum atomic E-state index is 10.8. The molecular weight excluding hydrogens is 210 g/mol. The first-order valence-corrected chi connectivity index (χ1v) is 5.08. The van der Waals surface area contributed by atoms with Crippen molar-refractivity contribution < 1.29 is 14.6 Å². The van der Waals surface area contributed by atoms with Crippen molar-refractivity contribution in [1.29, 1.82) is 0 Å². The molecule has 16 heavy (non-hydrogen) atoms. The Labute approximate surface area is 92.9 Å². The molecule has 1 aliphatic rings. The molecule has 1 fully saturated rings. The highest BCUT2D eigenvalue weighted by Crippen LogP contribution is 2.07. The molecule has 1 saturated heterocycles. The Bertz CT molecular complexity index is 358. The predicted molar refractivity (Wildman–Crippen MR) is 54.7 cm³/mol. The molecule has 0 saturated carbocycles. The lowest BCUT2D eigenvalue weighted by molar-refractivity contribution is -0.156. The molecule has 1 unspecified atom stereocenters. The van der Waals surface area contributed by atoms with Crippen LogP contribution in [-0.4, -0.2) is 51.7 Å². The van der Waals surface area contributed by atoms with Crippen LogP contribution in [0, 0.1) is 0 Å². The van der Waals surface area contributed by atoms with Gasteiger partial charge in [0.25, 0.3) is 0 Å². The first-order valence-electron chi connectivity index (χ1n) is 5.08. The maximum Gasteiger partial charge on any atom is 0.334 e. The lowest BCUT2D eigenvalue weighted by Gasteiger charge is -2.30. The van der Waals surface area contributed by atoms with Crippen molar-refractivity contribution in [2.24, 2.45) is 0 Å². The number of hydrogen-bond donors (Lipinski definition) is 1. The van der Waals surface area contributed by atoms with Crippen LogP contribution in [0.25, 0.3) is 0 Å². The molecule has 1 atom stereocenters. The molecule has 0 amide bonds. The van der Waals surface area contributed by atoms with Gasteiger partial charge in [0, 0.05) is 25.5 Å². The van der Waals surface area contributed by atoms with Crippen LogP contribution in [0.3, 0.4) is 0 Å². The van der Waals surface area contributed by atoms with E-state index in [1.165, 1.54) is 0 Å². The summed E-state index contributed by atoms with van der Waals surface area (Å²) in [5.41, 5.74) is 0. The second-order valence-corrected chi connectivity index (χ2v) is 3.60. The van der Waals surface area contributed by atoms with Gasteiger partial charge in [0.1, 0.15) is 5.82 Å². The Morgan fingerprint density at radius 1 is 1.56 bits per heavy atom. The van der Waals surface area contributed by atoms with Crippen molar-refractivity contribution in [2.45, 2.75) is 12.6 Å². The molecule has 0 spiro atoms. The molecular formula is C10H13N3O3. The highest BCUT2D eigenvalue weighted by molar-refractivity contribution is 5.72. The summed E-state index contributed by atoms with van der Waals surface area (Å²) in [6.07, 6.45) is 2.62. The third-order valence-corrected chi connectivity index (χ3v) is 2.41. The van der Waals surface area contributed by atoms with E-state index in [1.807, 2.05) is 4.90 Å². The van der Waals surface area contributed by atoms with Crippen LogP contribution in [-0.2, 0) is 16.1 Å². The van der Waals surface area contributed by atoms with Crippen LogP contribution < -0.4 is 0 Å². The predicted octanol–water partition coefficient (Wildman–Crippen LogP) is -0.238. The summed E-state index contributed by atoms with van der Waals surface area (Å²) in [6, 6.07) is 1.75. The minimum atomic E-state index is -0.918. The molecule has 1 aliphatic heterocycles. The molecule has 2 rings (SSSR count). The van der Waals surface area contributed by atoms with Crippen molar-refractivity contribution in [1.82, 2.24) is 14.9 Å². The van der Waals surface area contributed by atoms with Crippen LogP contribution in [0.15, 0.2) is 18.5 Å². The molecule has 2 heterocycles. The summed E-state index contributed by atoms with van der Waals surface area (Å²) in [5, 5.41) is 8.84. The molecule has 86 valence electrons. The van der Waals surface area contributed by atoms with Crippen LogP contribution in [0.2, 0.25) is 0 Å². The lowest BCUT2D eigenvalue weighted by Crippen LogP contribution is -2.45. The van der Waals surface area contributed by atoms with E-state index in [-0.39, 0.29) is 0 Å². The average molecular weight is 223 g/mol. The fourth-order valence-corrected chi connectivity index (χ4v) is 1.61. The molecule has 1 aromatic heterocycles. The van der Waals surface area contributed by atoms with Gasteiger partial charge in [-0.2, -0.15) is 0 Å². The molecule has 1 N–H and O–H groups in total. The second kappa shape index (κ2) is 5.00. The lowest BCUT2D eigenvalue weighted by atomic mass is 10.2. The quantitative estimate of drug-likeness (QED) is 0.762. The fraction of sp³-hybridized carbons (Fsp3) is 0.500. The van der Waals surface area contributed by atoms with Gasteiger partial charge in [-0.25, -0.2) is 14.8 Å². The van der Waals surface area contributed by atoms with E-state index in [1.54, 1.807) is 18.5 Å². The number of hydrogen-bond acceptors (Lipinski definition) is 5. The molecule has 0 aromatic carbocycles. The van der Waals surface area contributed by atoms with Gasteiger partial charge < -0.3 is 9.84 Å². The van der Waals surface area contributed by atoms with Gasteiger partial charge in [0.05, 0.1) is 13.2 Å². The topological polar surface area (TPSA) is 75.5 Å². The van der Waals surface area contributed by atoms with E-state index in [0.717, 1.165) is 0 Å². The Balaban J connectivity index is 1.93. The second-order valence-electron chi connectivity index (χ2n) is 3.60. The zero-order chi connectivity index (χ0) is 11.4. The standard InChI is InChI=1S/C10H13N3O3/c14-10(15)8-6-13(4-5-16-8)7-9-11-2-1-3-12-9/h1-3,8H,4-7H2,(H,14,15). The van der Waals surface area contributed by atoms with Crippen molar-refractivity contribution in [3.05, 3.63) is 24.3 Å². The number of aliphatic carboxylic acids is 1. The van der Waals surface area contributed by atoms with E-state index in [2.05, 4.69) is 9.97 Å². The zero-order valence-corrected chi connectivity index (χ0v) is 8.74. The minimum absolute atomic E-state index is 0.383. The van der Waals surface area contributed by atoms with Gasteiger partial charge >= 0.3 is 5.97 Å². The summed E-state index contributed by atoms with van der Waals surface area (Å²) in [5.74, 6) is -0.216. The van der Waals surface area contributed by atoms with Crippen molar-refractivity contribution in [3.8, 4) is 0 Å². The first kappa shape index (κ1) is 11.0. The zero-order valence-electron chi connectivity index (χ0n) is 8.74. The number of carboxylic acid groups (broad SMARTS) is 1. The highest BCUT2D eigenvalue weighted by atomic mass is 16.5. The Morgan fingerprint density at radius 2 is 2.31 bits per heavy atom. The Morgan fingerprint density at radius 3 is 3.00 bits per heavy atom. The van der Waals surface area contributed by atoms with Gasteiger partial charge in [-0.05, 0) is 6.07 Å². The van der Waals surface area contributed by atoms with E-state index < -0.39 is 12.1 Å². The van der Waals surface area contributed by atoms with Gasteiger partial charge in [-0.15, -0.1) is 0 Å². The monoisotopic (exact) mass is 223 g/mol. The summed E-state index contributed by atoms with van der Waals surface area (Å²) in [4.78, 5) is 21.0. The van der Waals surface area contributed by atoms with Gasteiger partial charge in [-0.1, -0.05) is 0 Å². The third-order valence-electron chi connectivity index (χ3n) is 2.41. The van der Waals surface area contributed by atoms with E-state index in [0.29, 0.717) is 32.1 Å². The molecule has 1 aromatic rings. The number of morpholine rings is 1. The van der Waals surface area contributed by atoms with Crippen molar-refractivity contribution in [3.63, 3.8) is 0 Å². The van der Waals surface area contributed by atoms with Crippen LogP contribution >= 0.6 is 0 Å². The maximum absolute atomic E-state index is 10.8. The number of ether oxygens (including phenoxy) is 1. The van der Waals surface area contributed by atoms with Crippen molar-refractivity contribution in [2.75, 3.05) is 19.7 Å². The Hall–Kier alpha value is -1.53. The van der Waals surface area contributed by atoms with Crippen LogP contribution in [0.5, 0.6) is 0 Å². The summed E-state index contributed by atoms with van der Waals surface area (Å²) >= 11 is 0. The molecule has 0 aliphatic carbocycles. The smallest absolute Gasteiger partial charge is 0.334 e. The van der Waals surface area contributed by atoms with E-state index in [9.17, 15) is 4.79 Å².